The monoisotopic (exact) mass is 346 g/mol. The smallest absolute Gasteiger partial charge is 0.408 e. The van der Waals surface area contributed by atoms with E-state index in [0.717, 1.165) is 5.56 Å². The Hall–Kier alpha value is -2.60. The van der Waals surface area contributed by atoms with E-state index < -0.39 is 17.5 Å². The summed E-state index contributed by atoms with van der Waals surface area (Å²) in [5.74, 6) is -1.75. The van der Waals surface area contributed by atoms with Gasteiger partial charge in [0.05, 0.1) is 10.5 Å². The minimum Gasteiger partial charge on any atom is -0.408 e. The van der Waals surface area contributed by atoms with Crippen molar-refractivity contribution in [3.05, 3.63) is 62.8 Å². The van der Waals surface area contributed by atoms with E-state index in [0.29, 0.717) is 22.4 Å². The van der Waals surface area contributed by atoms with Gasteiger partial charge in [-0.05, 0) is 23.3 Å². The topological polar surface area (TPSA) is 64.2 Å². The highest BCUT2D eigenvalue weighted by atomic mass is 35.5. The number of rotatable bonds is 1. The summed E-state index contributed by atoms with van der Waals surface area (Å²) in [5.41, 5.74) is 2.54. The van der Waals surface area contributed by atoms with Crippen LogP contribution in [0.15, 0.2) is 39.5 Å². The van der Waals surface area contributed by atoms with Gasteiger partial charge in [-0.2, -0.15) is 0 Å². The maximum atomic E-state index is 14.5. The van der Waals surface area contributed by atoms with Crippen LogP contribution in [0, 0.1) is 5.82 Å². The van der Waals surface area contributed by atoms with Crippen LogP contribution in [0.2, 0.25) is 5.02 Å². The molecule has 1 aromatic heterocycles. The highest BCUT2D eigenvalue weighted by Gasteiger charge is 2.30. The molecule has 7 heteroatoms. The van der Waals surface area contributed by atoms with Crippen molar-refractivity contribution < 1.29 is 13.6 Å². The molecule has 0 saturated heterocycles. The maximum absolute atomic E-state index is 14.5. The molecule has 1 N–H and O–H groups in total. The molecule has 1 atom stereocenters. The molecule has 1 amide bonds. The van der Waals surface area contributed by atoms with Crippen molar-refractivity contribution in [3.63, 3.8) is 0 Å². The third-order valence-corrected chi connectivity index (χ3v) is 4.65. The summed E-state index contributed by atoms with van der Waals surface area (Å²) >= 11 is 5.88. The summed E-state index contributed by atoms with van der Waals surface area (Å²) in [4.78, 5) is 23.7. The first-order chi connectivity index (χ1) is 11.5. The van der Waals surface area contributed by atoms with E-state index in [-0.39, 0.29) is 17.4 Å². The van der Waals surface area contributed by atoms with Gasteiger partial charge in [-0.15, -0.1) is 0 Å². The quantitative estimate of drug-likeness (QED) is 0.734. The summed E-state index contributed by atoms with van der Waals surface area (Å²) in [6, 6.07) is 8.08. The molecule has 0 spiro atoms. The van der Waals surface area contributed by atoms with Crippen LogP contribution in [-0.2, 0) is 11.8 Å². The molecule has 0 bridgehead atoms. The first-order valence-electron chi connectivity index (χ1n) is 7.33. The standard InChI is InChI=1S/C17H12ClFN2O3/c1-21-13-5-10-9(8-3-2-4-11(18)16(8)19)6-15(22)20-12(10)7-14(13)24-17(21)23/h2-5,7,9H,6H2,1H3,(H,20,22)/t9-/m0/s1. The predicted octanol–water partition coefficient (Wildman–Crippen LogP) is 3.40. The number of hydrogen-bond donors (Lipinski definition) is 1. The fourth-order valence-electron chi connectivity index (χ4n) is 3.15. The van der Waals surface area contributed by atoms with Gasteiger partial charge < -0.3 is 9.73 Å². The van der Waals surface area contributed by atoms with Gasteiger partial charge in [0.25, 0.3) is 0 Å². The Balaban J connectivity index is 1.99. The first kappa shape index (κ1) is 15.0. The molecule has 1 aliphatic heterocycles. The van der Waals surface area contributed by atoms with E-state index in [9.17, 15) is 14.0 Å². The lowest BCUT2D eigenvalue weighted by Gasteiger charge is -2.26. The van der Waals surface area contributed by atoms with Crippen LogP contribution in [0.1, 0.15) is 23.5 Å². The molecule has 4 rings (SSSR count). The number of carbonyl (C=O) groups excluding carboxylic acids is 1. The van der Waals surface area contributed by atoms with Gasteiger partial charge in [-0.1, -0.05) is 23.7 Å². The van der Waals surface area contributed by atoms with E-state index in [1.54, 1.807) is 31.3 Å². The highest BCUT2D eigenvalue weighted by molar-refractivity contribution is 6.30. The number of nitrogens with one attached hydrogen (secondary N) is 1. The van der Waals surface area contributed by atoms with Crippen LogP contribution < -0.4 is 11.1 Å². The molecule has 24 heavy (non-hydrogen) atoms. The number of aromatic nitrogens is 1. The molecule has 3 aromatic rings. The van der Waals surface area contributed by atoms with E-state index in [2.05, 4.69) is 5.32 Å². The third-order valence-electron chi connectivity index (χ3n) is 4.36. The number of halogens is 2. The fourth-order valence-corrected chi connectivity index (χ4v) is 3.33. The largest absolute Gasteiger partial charge is 0.419 e. The van der Waals surface area contributed by atoms with Crippen LogP contribution in [0.4, 0.5) is 10.1 Å². The lowest BCUT2D eigenvalue weighted by molar-refractivity contribution is -0.116. The minimum atomic E-state index is -0.536. The van der Waals surface area contributed by atoms with Gasteiger partial charge in [0, 0.05) is 31.1 Å². The summed E-state index contributed by atoms with van der Waals surface area (Å²) in [6.07, 6.45) is 0.0988. The second kappa shape index (κ2) is 5.21. The number of amides is 1. The molecule has 2 heterocycles. The molecule has 2 aromatic carbocycles. The number of carbonyl (C=O) groups is 1. The molecule has 5 nitrogen and oxygen atoms in total. The molecular formula is C17H12ClFN2O3. The number of aryl methyl sites for hydroxylation is 1. The zero-order valence-electron chi connectivity index (χ0n) is 12.6. The number of nitrogens with zero attached hydrogens (tertiary/aromatic N) is 1. The van der Waals surface area contributed by atoms with Crippen molar-refractivity contribution in [3.8, 4) is 0 Å². The van der Waals surface area contributed by atoms with Gasteiger partial charge in [-0.3, -0.25) is 9.36 Å². The van der Waals surface area contributed by atoms with Crippen LogP contribution >= 0.6 is 11.6 Å². The SMILES string of the molecule is Cn1c(=O)oc2cc3c(cc21)[C@H](c1cccc(Cl)c1F)CC(=O)N3. The Morgan fingerprint density at radius 3 is 2.88 bits per heavy atom. The average molecular weight is 347 g/mol. The van der Waals surface area contributed by atoms with Crippen LogP contribution in [0.25, 0.3) is 11.1 Å². The van der Waals surface area contributed by atoms with E-state index in [1.807, 2.05) is 0 Å². The predicted molar refractivity (Wildman–Crippen MR) is 88.0 cm³/mol. The second-order valence-corrected chi connectivity index (χ2v) is 6.19. The van der Waals surface area contributed by atoms with Crippen molar-refractivity contribution in [2.45, 2.75) is 12.3 Å². The minimum absolute atomic E-state index is 0.0109. The van der Waals surface area contributed by atoms with Gasteiger partial charge in [0.2, 0.25) is 5.91 Å². The molecule has 0 aliphatic carbocycles. The van der Waals surface area contributed by atoms with Crippen LogP contribution in [0.5, 0.6) is 0 Å². The number of oxazole rings is 1. The Bertz CT molecular complexity index is 1050. The lowest BCUT2D eigenvalue weighted by Crippen LogP contribution is -2.24. The molecule has 122 valence electrons. The van der Waals surface area contributed by atoms with E-state index in [1.165, 1.54) is 10.6 Å². The second-order valence-electron chi connectivity index (χ2n) is 5.78. The Labute approximate surface area is 140 Å². The first-order valence-corrected chi connectivity index (χ1v) is 7.70. The Morgan fingerprint density at radius 2 is 2.08 bits per heavy atom. The number of hydrogen-bond acceptors (Lipinski definition) is 3. The fraction of sp³-hybridized carbons (Fsp3) is 0.176. The molecule has 1 aliphatic rings. The van der Waals surface area contributed by atoms with Gasteiger partial charge in [-0.25, -0.2) is 9.18 Å². The molecule has 0 fully saturated rings. The van der Waals surface area contributed by atoms with E-state index >= 15 is 0 Å². The third kappa shape index (κ3) is 2.14. The zero-order chi connectivity index (χ0) is 17.0. The van der Waals surface area contributed by atoms with E-state index in [4.69, 9.17) is 16.0 Å². The summed E-state index contributed by atoms with van der Waals surface area (Å²) in [7, 11) is 1.59. The Morgan fingerprint density at radius 1 is 1.29 bits per heavy atom. The van der Waals surface area contributed by atoms with Gasteiger partial charge in [0.15, 0.2) is 5.58 Å². The van der Waals surface area contributed by atoms with Crippen molar-refractivity contribution in [1.29, 1.82) is 0 Å². The number of anilines is 1. The lowest BCUT2D eigenvalue weighted by atomic mass is 9.84. The van der Waals surface area contributed by atoms with Crippen molar-refractivity contribution in [2.24, 2.45) is 7.05 Å². The van der Waals surface area contributed by atoms with Gasteiger partial charge in [0.1, 0.15) is 5.82 Å². The average Bonchev–Trinajstić information content (AvgIpc) is 2.82. The summed E-state index contributed by atoms with van der Waals surface area (Å²) in [6.45, 7) is 0. The normalized spacial score (nSPS) is 17.0. The van der Waals surface area contributed by atoms with Crippen LogP contribution in [0.3, 0.4) is 0 Å². The number of benzene rings is 2. The molecule has 0 saturated carbocycles. The van der Waals surface area contributed by atoms with Crippen molar-refractivity contribution >= 4 is 34.3 Å². The summed E-state index contributed by atoms with van der Waals surface area (Å²) < 4.78 is 21.0. The van der Waals surface area contributed by atoms with Crippen molar-refractivity contribution in [1.82, 2.24) is 4.57 Å². The van der Waals surface area contributed by atoms with Gasteiger partial charge >= 0.3 is 5.76 Å². The molecule has 0 unspecified atom stereocenters. The highest BCUT2D eigenvalue weighted by Crippen LogP contribution is 2.40. The zero-order valence-corrected chi connectivity index (χ0v) is 13.4. The van der Waals surface area contributed by atoms with Crippen molar-refractivity contribution in [2.75, 3.05) is 5.32 Å². The molecule has 0 radical (unpaired) electrons. The molecular weight excluding hydrogens is 335 g/mol. The maximum Gasteiger partial charge on any atom is 0.419 e. The summed E-state index contributed by atoms with van der Waals surface area (Å²) in [5, 5.41) is 2.76. The Kier molecular flexibility index (Phi) is 3.25. The number of fused-ring (bicyclic) bond motifs is 2. The van der Waals surface area contributed by atoms with Crippen LogP contribution in [-0.4, -0.2) is 10.5 Å².